The molecular formula is C39H36N2O3. The van der Waals surface area contributed by atoms with Gasteiger partial charge in [0.05, 0.1) is 12.0 Å². The van der Waals surface area contributed by atoms with E-state index in [1.54, 1.807) is 12.1 Å². The third kappa shape index (κ3) is 4.10. The minimum absolute atomic E-state index is 0.168. The highest BCUT2D eigenvalue weighted by Crippen LogP contribution is 2.59. The Morgan fingerprint density at radius 2 is 1.52 bits per heavy atom. The molecule has 0 bridgehead atoms. The molecule has 5 heteroatoms. The van der Waals surface area contributed by atoms with Gasteiger partial charge in [-0.25, -0.2) is 0 Å². The van der Waals surface area contributed by atoms with E-state index in [1.807, 2.05) is 85.8 Å². The fourth-order valence-corrected chi connectivity index (χ4v) is 7.78. The van der Waals surface area contributed by atoms with E-state index in [4.69, 9.17) is 0 Å². The predicted molar refractivity (Wildman–Crippen MR) is 175 cm³/mol. The van der Waals surface area contributed by atoms with Gasteiger partial charge in [-0.15, -0.1) is 0 Å². The number of carbonyl (C=O) groups excluding carboxylic acids is 3. The summed E-state index contributed by atoms with van der Waals surface area (Å²) in [4.78, 5) is 46.5. The third-order valence-electron chi connectivity index (χ3n) is 9.62. The van der Waals surface area contributed by atoms with E-state index in [1.165, 1.54) is 0 Å². The Labute approximate surface area is 258 Å². The Balaban J connectivity index is 1.51. The largest absolute Gasteiger partial charge is 0.352 e. The minimum atomic E-state index is -1.32. The van der Waals surface area contributed by atoms with Crippen LogP contribution < -0.4 is 10.2 Å². The summed E-state index contributed by atoms with van der Waals surface area (Å²) in [5.74, 6) is -1.10. The molecular weight excluding hydrogens is 544 g/mol. The van der Waals surface area contributed by atoms with Crippen molar-refractivity contribution in [2.75, 3.05) is 10.2 Å². The number of fused-ring (bicyclic) bond motifs is 6. The molecule has 5 nitrogen and oxygen atoms in total. The summed E-state index contributed by atoms with van der Waals surface area (Å²) < 4.78 is 0. The fraction of sp³-hybridized carbons (Fsp3) is 0.256. The number of benzene rings is 4. The number of ketones is 2. The van der Waals surface area contributed by atoms with Gasteiger partial charge in [0, 0.05) is 28.1 Å². The number of nitrogens with one attached hydrogen (secondary N) is 1. The molecule has 4 aromatic rings. The molecule has 3 aliphatic heterocycles. The number of carbonyl (C=O) groups is 3. The lowest BCUT2D eigenvalue weighted by molar-refractivity contribution is -0.121. The van der Waals surface area contributed by atoms with Crippen molar-refractivity contribution < 1.29 is 14.4 Å². The van der Waals surface area contributed by atoms with Crippen molar-refractivity contribution in [2.45, 2.75) is 51.6 Å². The summed E-state index contributed by atoms with van der Waals surface area (Å²) in [6.07, 6.45) is 3.01. The van der Waals surface area contributed by atoms with Gasteiger partial charge in [0.25, 0.3) is 0 Å². The fourth-order valence-electron chi connectivity index (χ4n) is 7.78. The molecule has 4 atom stereocenters. The average Bonchev–Trinajstić information content (AvgIpc) is 3.49. The molecule has 1 N–H and O–H groups in total. The van der Waals surface area contributed by atoms with Crippen molar-refractivity contribution in [2.24, 2.45) is 11.8 Å². The summed E-state index contributed by atoms with van der Waals surface area (Å²) in [5, 5.41) is 3.12. The lowest BCUT2D eigenvalue weighted by Crippen LogP contribution is -2.51. The Morgan fingerprint density at radius 3 is 2.25 bits per heavy atom. The van der Waals surface area contributed by atoms with Crippen LogP contribution in [0.5, 0.6) is 0 Å². The maximum Gasteiger partial charge on any atom is 0.238 e. The standard InChI is InChI=1S/C39H36N2O3/c1-23(2)20-26-15-17-28(18-16-26)36(42)34-35(37(43)27-10-6-5-7-11-27)41-32-19-14-24(3)21-29(32)25(4)22-33(41)39(34)30-12-8-9-13-31(30)40-38(39)44/h5-19,21-23,33-35H,20H2,1-4H3,(H,40,44)/t33-,34-,35+,39-/m1/s1. The molecule has 0 radical (unpaired) electrons. The molecule has 4 aromatic carbocycles. The lowest BCUT2D eigenvalue weighted by atomic mass is 9.64. The van der Waals surface area contributed by atoms with Crippen molar-refractivity contribution >= 4 is 34.4 Å². The van der Waals surface area contributed by atoms with Crippen LogP contribution >= 0.6 is 0 Å². The van der Waals surface area contributed by atoms with E-state index in [0.717, 1.165) is 39.9 Å². The highest BCUT2D eigenvalue weighted by molar-refractivity contribution is 6.18. The number of rotatable bonds is 6. The van der Waals surface area contributed by atoms with Crippen LogP contribution in [0.2, 0.25) is 0 Å². The minimum Gasteiger partial charge on any atom is -0.352 e. The van der Waals surface area contributed by atoms with Gasteiger partial charge < -0.3 is 10.2 Å². The van der Waals surface area contributed by atoms with Crippen LogP contribution in [0.3, 0.4) is 0 Å². The molecule has 220 valence electrons. The molecule has 0 unspecified atom stereocenters. The molecule has 0 saturated carbocycles. The van der Waals surface area contributed by atoms with Gasteiger partial charge in [0.15, 0.2) is 11.6 Å². The second-order valence-corrected chi connectivity index (χ2v) is 12.9. The summed E-state index contributed by atoms with van der Waals surface area (Å²) in [6.45, 7) is 8.44. The number of Topliss-reactive ketones (excluding diaryl/α,β-unsaturated/α-hetero) is 2. The second kappa shape index (κ2) is 10.4. The average molecular weight is 581 g/mol. The zero-order valence-corrected chi connectivity index (χ0v) is 25.5. The molecule has 0 aliphatic carbocycles. The maximum absolute atomic E-state index is 15.1. The zero-order valence-electron chi connectivity index (χ0n) is 25.5. The number of hydrogen-bond acceptors (Lipinski definition) is 4. The van der Waals surface area contributed by atoms with Crippen LogP contribution in [0.15, 0.2) is 103 Å². The van der Waals surface area contributed by atoms with Crippen LogP contribution in [0.25, 0.3) is 5.57 Å². The molecule has 7 rings (SSSR count). The van der Waals surface area contributed by atoms with E-state index in [2.05, 4.69) is 43.1 Å². The quantitative estimate of drug-likeness (QED) is 0.241. The topological polar surface area (TPSA) is 66.5 Å². The lowest BCUT2D eigenvalue weighted by Gasteiger charge is -2.39. The first-order valence-electron chi connectivity index (χ1n) is 15.4. The van der Waals surface area contributed by atoms with E-state index in [9.17, 15) is 9.59 Å². The number of para-hydroxylation sites is 1. The van der Waals surface area contributed by atoms with E-state index in [0.29, 0.717) is 22.7 Å². The molecule has 44 heavy (non-hydrogen) atoms. The smallest absolute Gasteiger partial charge is 0.238 e. The summed E-state index contributed by atoms with van der Waals surface area (Å²) in [7, 11) is 0. The van der Waals surface area contributed by atoms with E-state index < -0.39 is 23.4 Å². The molecule has 1 fully saturated rings. The molecule has 3 aliphatic rings. The highest BCUT2D eigenvalue weighted by Gasteiger charge is 2.70. The van der Waals surface area contributed by atoms with Crippen molar-refractivity contribution in [1.29, 1.82) is 0 Å². The molecule has 0 aromatic heterocycles. The second-order valence-electron chi connectivity index (χ2n) is 12.9. The van der Waals surface area contributed by atoms with Gasteiger partial charge >= 0.3 is 0 Å². The van der Waals surface area contributed by atoms with Crippen LogP contribution in [0, 0.1) is 18.8 Å². The number of anilines is 2. The Morgan fingerprint density at radius 1 is 0.841 bits per heavy atom. The number of nitrogens with zero attached hydrogens (tertiary/aromatic N) is 1. The zero-order chi connectivity index (χ0) is 30.7. The van der Waals surface area contributed by atoms with Crippen molar-refractivity contribution in [3.63, 3.8) is 0 Å². The van der Waals surface area contributed by atoms with Crippen LogP contribution in [0.1, 0.15) is 63.7 Å². The maximum atomic E-state index is 15.1. The Kier molecular flexibility index (Phi) is 6.65. The van der Waals surface area contributed by atoms with Gasteiger partial charge in [-0.1, -0.05) is 104 Å². The third-order valence-corrected chi connectivity index (χ3v) is 9.62. The first-order chi connectivity index (χ1) is 21.2. The van der Waals surface area contributed by atoms with Gasteiger partial charge in [-0.2, -0.15) is 0 Å². The van der Waals surface area contributed by atoms with E-state index in [-0.39, 0.29) is 17.5 Å². The SMILES string of the molecule is CC1=C[C@H]2N(c3ccc(C)cc31)[C@H](C(=O)c1ccccc1)[C@H](C(=O)c1ccc(CC(C)C)cc1)[C@]21C(=O)Nc2ccccc21. The number of aryl methyl sites for hydroxylation is 1. The number of amides is 1. The normalized spacial score (nSPS) is 23.2. The molecule has 1 amide bonds. The predicted octanol–water partition coefficient (Wildman–Crippen LogP) is 7.44. The summed E-state index contributed by atoms with van der Waals surface area (Å²) >= 11 is 0. The molecule has 1 saturated heterocycles. The van der Waals surface area contributed by atoms with Gasteiger partial charge in [-0.05, 0) is 61.1 Å². The Hall–Kier alpha value is -4.77. The summed E-state index contributed by atoms with van der Waals surface area (Å²) in [6, 6.07) is 29.3. The van der Waals surface area contributed by atoms with Crippen molar-refractivity contribution in [3.05, 3.63) is 137 Å². The van der Waals surface area contributed by atoms with Crippen molar-refractivity contribution in [3.8, 4) is 0 Å². The van der Waals surface area contributed by atoms with Crippen LogP contribution in [0.4, 0.5) is 11.4 Å². The molecule has 1 spiro atoms. The van der Waals surface area contributed by atoms with Crippen molar-refractivity contribution in [1.82, 2.24) is 0 Å². The van der Waals surface area contributed by atoms with Crippen LogP contribution in [-0.2, 0) is 16.6 Å². The number of allylic oxidation sites excluding steroid dienone is 1. The van der Waals surface area contributed by atoms with Gasteiger partial charge in [0.1, 0.15) is 11.5 Å². The monoisotopic (exact) mass is 580 g/mol. The first-order valence-corrected chi connectivity index (χ1v) is 15.4. The van der Waals surface area contributed by atoms with E-state index >= 15 is 4.79 Å². The first kappa shape index (κ1) is 28.0. The number of hydrogen-bond donors (Lipinski definition) is 1. The Bertz CT molecular complexity index is 1840. The summed E-state index contributed by atoms with van der Waals surface area (Å²) in [5.41, 5.74) is 6.33. The van der Waals surface area contributed by atoms with Gasteiger partial charge in [-0.3, -0.25) is 14.4 Å². The highest BCUT2D eigenvalue weighted by atomic mass is 16.2. The van der Waals surface area contributed by atoms with Gasteiger partial charge in [0.2, 0.25) is 5.91 Å². The molecule has 3 heterocycles. The van der Waals surface area contributed by atoms with Crippen LogP contribution in [-0.4, -0.2) is 29.6 Å².